The quantitative estimate of drug-likeness (QED) is 0.799. The zero-order chi connectivity index (χ0) is 19.6. The Labute approximate surface area is 159 Å². The highest BCUT2D eigenvalue weighted by Crippen LogP contribution is 2.31. The maximum absolute atomic E-state index is 11.8. The second kappa shape index (κ2) is 7.59. The molecule has 0 spiro atoms. The van der Waals surface area contributed by atoms with Crippen molar-refractivity contribution in [1.29, 1.82) is 0 Å². The van der Waals surface area contributed by atoms with Crippen LogP contribution >= 0.6 is 0 Å². The Morgan fingerprint density at radius 3 is 2.52 bits per heavy atom. The lowest BCUT2D eigenvalue weighted by Crippen LogP contribution is -2.34. The van der Waals surface area contributed by atoms with E-state index in [4.69, 9.17) is 9.47 Å². The molecule has 0 saturated carbocycles. The number of nitrogens with one attached hydrogen (secondary N) is 1. The van der Waals surface area contributed by atoms with Crippen molar-refractivity contribution in [2.75, 3.05) is 43.0 Å². The highest BCUT2D eigenvalue weighted by molar-refractivity contribution is 7.91. The standard InChI is InChI=1S/C18H24N4O4S/c1-12-9-17(20-13-5-6-15(25-3)16(10-13)26-4)21-18(19-12)22(2)14-7-8-27(23,24)11-14/h5-6,9-10,14H,7-8,11H2,1-4H3,(H,19,20,21). The fraction of sp³-hybridized carbons (Fsp3) is 0.444. The molecule has 1 aromatic carbocycles. The predicted octanol–water partition coefficient (Wildman–Crippen LogP) is 2.17. The Bertz CT molecular complexity index is 933. The Hall–Kier alpha value is -2.55. The van der Waals surface area contributed by atoms with Gasteiger partial charge in [-0.2, -0.15) is 4.98 Å². The molecule has 9 heteroatoms. The number of aryl methyl sites for hydroxylation is 1. The number of methoxy groups -OCH3 is 2. The number of hydrogen-bond acceptors (Lipinski definition) is 8. The summed E-state index contributed by atoms with van der Waals surface area (Å²) in [5.41, 5.74) is 1.58. The first-order valence-corrected chi connectivity index (χ1v) is 10.4. The second-order valence-corrected chi connectivity index (χ2v) is 8.79. The third-order valence-electron chi connectivity index (χ3n) is 4.57. The zero-order valence-electron chi connectivity index (χ0n) is 15.9. The summed E-state index contributed by atoms with van der Waals surface area (Å²) < 4.78 is 34.1. The van der Waals surface area contributed by atoms with Crippen molar-refractivity contribution < 1.29 is 17.9 Å². The van der Waals surface area contributed by atoms with Gasteiger partial charge in [-0.25, -0.2) is 13.4 Å². The highest BCUT2D eigenvalue weighted by Gasteiger charge is 2.31. The van der Waals surface area contributed by atoms with E-state index in [9.17, 15) is 8.42 Å². The van der Waals surface area contributed by atoms with Gasteiger partial charge < -0.3 is 19.7 Å². The summed E-state index contributed by atoms with van der Waals surface area (Å²) in [5.74, 6) is 2.73. The smallest absolute Gasteiger partial charge is 0.227 e. The average molecular weight is 392 g/mol. The first kappa shape index (κ1) is 19.2. The van der Waals surface area contributed by atoms with Crippen LogP contribution in [0.1, 0.15) is 12.1 Å². The molecule has 0 aliphatic carbocycles. The van der Waals surface area contributed by atoms with Crippen molar-refractivity contribution in [2.24, 2.45) is 0 Å². The third-order valence-corrected chi connectivity index (χ3v) is 6.32. The number of benzene rings is 1. The summed E-state index contributed by atoms with van der Waals surface area (Å²) in [6.07, 6.45) is 0.592. The summed E-state index contributed by atoms with van der Waals surface area (Å²) >= 11 is 0. The number of hydrogen-bond donors (Lipinski definition) is 1. The summed E-state index contributed by atoms with van der Waals surface area (Å²) in [6, 6.07) is 7.23. The number of rotatable bonds is 6. The van der Waals surface area contributed by atoms with Crippen molar-refractivity contribution in [3.05, 3.63) is 30.0 Å². The number of nitrogens with zero attached hydrogens (tertiary/aromatic N) is 3. The van der Waals surface area contributed by atoms with E-state index in [2.05, 4.69) is 15.3 Å². The van der Waals surface area contributed by atoms with Gasteiger partial charge in [-0.3, -0.25) is 0 Å². The summed E-state index contributed by atoms with van der Waals surface area (Å²) in [6.45, 7) is 1.88. The minimum Gasteiger partial charge on any atom is -0.493 e. The second-order valence-electron chi connectivity index (χ2n) is 6.56. The van der Waals surface area contributed by atoms with E-state index >= 15 is 0 Å². The molecule has 1 aliphatic heterocycles. The van der Waals surface area contributed by atoms with Crippen LogP contribution in [0.5, 0.6) is 11.5 Å². The molecule has 0 radical (unpaired) electrons. The van der Waals surface area contributed by atoms with Crippen LogP contribution in [0, 0.1) is 6.92 Å². The topological polar surface area (TPSA) is 93.7 Å². The monoisotopic (exact) mass is 392 g/mol. The van der Waals surface area contributed by atoms with E-state index in [0.717, 1.165) is 11.4 Å². The summed E-state index contributed by atoms with van der Waals surface area (Å²) in [7, 11) is 2.03. The minimum atomic E-state index is -2.97. The predicted molar refractivity (Wildman–Crippen MR) is 105 cm³/mol. The van der Waals surface area contributed by atoms with Crippen LogP contribution in [-0.2, 0) is 9.84 Å². The van der Waals surface area contributed by atoms with E-state index in [-0.39, 0.29) is 17.5 Å². The van der Waals surface area contributed by atoms with Crippen molar-refractivity contribution >= 4 is 27.3 Å². The van der Waals surface area contributed by atoms with Gasteiger partial charge in [0.15, 0.2) is 21.3 Å². The minimum absolute atomic E-state index is 0.106. The van der Waals surface area contributed by atoms with Gasteiger partial charge in [0.1, 0.15) is 5.82 Å². The Balaban J connectivity index is 1.83. The number of anilines is 3. The van der Waals surface area contributed by atoms with Crippen molar-refractivity contribution in [2.45, 2.75) is 19.4 Å². The van der Waals surface area contributed by atoms with E-state index < -0.39 is 9.84 Å². The molecular formula is C18H24N4O4S. The molecule has 1 unspecified atom stereocenters. The van der Waals surface area contributed by atoms with E-state index in [1.54, 1.807) is 14.2 Å². The molecule has 3 rings (SSSR count). The molecule has 1 N–H and O–H groups in total. The van der Waals surface area contributed by atoms with Gasteiger partial charge in [-0.1, -0.05) is 0 Å². The maximum atomic E-state index is 11.8. The van der Waals surface area contributed by atoms with Crippen LogP contribution in [0.3, 0.4) is 0 Å². The van der Waals surface area contributed by atoms with Crippen LogP contribution in [-0.4, -0.2) is 57.2 Å². The third kappa shape index (κ3) is 4.41. The largest absolute Gasteiger partial charge is 0.493 e. The van der Waals surface area contributed by atoms with Gasteiger partial charge >= 0.3 is 0 Å². The fourth-order valence-corrected chi connectivity index (χ4v) is 4.86. The molecule has 8 nitrogen and oxygen atoms in total. The maximum Gasteiger partial charge on any atom is 0.227 e. The van der Waals surface area contributed by atoms with Crippen LogP contribution < -0.4 is 19.7 Å². The molecule has 1 aliphatic rings. The molecule has 2 heterocycles. The molecule has 0 bridgehead atoms. The average Bonchev–Trinajstić information content (AvgIpc) is 3.00. The van der Waals surface area contributed by atoms with Gasteiger partial charge in [-0.15, -0.1) is 0 Å². The molecule has 1 atom stereocenters. The first-order valence-electron chi connectivity index (χ1n) is 8.59. The number of aromatic nitrogens is 2. The lowest BCUT2D eigenvalue weighted by atomic mass is 10.2. The molecule has 1 aromatic heterocycles. The molecule has 1 fully saturated rings. The fourth-order valence-electron chi connectivity index (χ4n) is 3.08. The summed E-state index contributed by atoms with van der Waals surface area (Å²) in [4.78, 5) is 10.9. The van der Waals surface area contributed by atoms with Gasteiger partial charge in [0.2, 0.25) is 5.95 Å². The van der Waals surface area contributed by atoms with E-state index in [1.165, 1.54) is 0 Å². The van der Waals surface area contributed by atoms with Gasteiger partial charge in [0, 0.05) is 36.6 Å². The Kier molecular flexibility index (Phi) is 5.41. The van der Waals surface area contributed by atoms with Crippen LogP contribution in [0.2, 0.25) is 0 Å². The van der Waals surface area contributed by atoms with Crippen molar-refractivity contribution in [3.8, 4) is 11.5 Å². The van der Waals surface area contributed by atoms with Crippen molar-refractivity contribution in [1.82, 2.24) is 9.97 Å². The lowest BCUT2D eigenvalue weighted by Gasteiger charge is -2.24. The van der Waals surface area contributed by atoms with Crippen molar-refractivity contribution in [3.63, 3.8) is 0 Å². The van der Waals surface area contributed by atoms with Gasteiger partial charge in [-0.05, 0) is 25.5 Å². The van der Waals surface area contributed by atoms with E-state index in [0.29, 0.717) is 29.7 Å². The molecular weight excluding hydrogens is 368 g/mol. The highest BCUT2D eigenvalue weighted by atomic mass is 32.2. The van der Waals surface area contributed by atoms with Gasteiger partial charge in [0.05, 0.1) is 25.7 Å². The van der Waals surface area contributed by atoms with Crippen LogP contribution in [0.25, 0.3) is 0 Å². The number of ether oxygens (including phenoxy) is 2. The van der Waals surface area contributed by atoms with Crippen LogP contribution in [0.15, 0.2) is 24.3 Å². The molecule has 1 saturated heterocycles. The summed E-state index contributed by atoms with van der Waals surface area (Å²) in [5, 5.41) is 3.24. The Morgan fingerprint density at radius 1 is 1.15 bits per heavy atom. The molecule has 146 valence electrons. The lowest BCUT2D eigenvalue weighted by molar-refractivity contribution is 0.355. The van der Waals surface area contributed by atoms with Crippen LogP contribution in [0.4, 0.5) is 17.5 Å². The normalized spacial score (nSPS) is 18.1. The number of sulfone groups is 1. The zero-order valence-corrected chi connectivity index (χ0v) is 16.7. The molecule has 0 amide bonds. The van der Waals surface area contributed by atoms with E-state index in [1.807, 2.05) is 43.1 Å². The first-order chi connectivity index (χ1) is 12.8. The molecule has 27 heavy (non-hydrogen) atoms. The van der Waals surface area contributed by atoms with Gasteiger partial charge in [0.25, 0.3) is 0 Å². The SMILES string of the molecule is COc1ccc(Nc2cc(C)nc(N(C)C3CCS(=O)(=O)C3)n2)cc1OC. The Morgan fingerprint density at radius 2 is 1.89 bits per heavy atom. The molecule has 2 aromatic rings.